The van der Waals surface area contributed by atoms with E-state index in [4.69, 9.17) is 11.6 Å². The second-order valence-electron chi connectivity index (χ2n) is 2.50. The fourth-order valence-corrected chi connectivity index (χ4v) is 1.15. The van der Waals surface area contributed by atoms with Crippen molar-refractivity contribution in [3.63, 3.8) is 0 Å². The molecule has 0 saturated carbocycles. The predicted molar refractivity (Wildman–Crippen MR) is 49.2 cm³/mol. The number of hydrogen-bond acceptors (Lipinski definition) is 3. The first kappa shape index (κ1) is 8.19. The minimum absolute atomic E-state index is 0.383. The van der Waals surface area contributed by atoms with Crippen molar-refractivity contribution in [2.45, 2.75) is 5.88 Å². The summed E-state index contributed by atoms with van der Waals surface area (Å²) in [4.78, 5) is 14.9. The van der Waals surface area contributed by atoms with E-state index in [1.807, 2.05) is 0 Å². The third-order valence-electron chi connectivity index (χ3n) is 1.63. The van der Waals surface area contributed by atoms with Gasteiger partial charge in [-0.1, -0.05) is 0 Å². The van der Waals surface area contributed by atoms with Crippen molar-refractivity contribution in [1.82, 2.24) is 19.9 Å². The molecule has 0 amide bonds. The predicted octanol–water partition coefficient (Wildman–Crippen LogP) is 1.61. The Bertz CT molecular complexity index is 384. The summed E-state index contributed by atoms with van der Waals surface area (Å²) >= 11 is 5.60. The van der Waals surface area contributed by atoms with Gasteiger partial charge < -0.3 is 4.98 Å². The largest absolute Gasteiger partial charge is 0.341 e. The van der Waals surface area contributed by atoms with E-state index in [0.29, 0.717) is 5.88 Å². The average molecular weight is 195 g/mol. The fourth-order valence-electron chi connectivity index (χ4n) is 1.02. The first-order valence-corrected chi connectivity index (χ1v) is 4.29. The van der Waals surface area contributed by atoms with E-state index in [1.165, 1.54) is 6.33 Å². The highest BCUT2D eigenvalue weighted by molar-refractivity contribution is 6.16. The molecular formula is C8H7ClN4. The van der Waals surface area contributed by atoms with Crippen molar-refractivity contribution in [2.75, 3.05) is 0 Å². The number of H-pyrrole nitrogens is 1. The lowest BCUT2D eigenvalue weighted by Crippen LogP contribution is -1.83. The molecule has 0 saturated heterocycles. The molecule has 13 heavy (non-hydrogen) atoms. The van der Waals surface area contributed by atoms with Gasteiger partial charge in [0.15, 0.2) is 0 Å². The fraction of sp³-hybridized carbons (Fsp3) is 0.125. The molecule has 0 spiro atoms. The Morgan fingerprint density at radius 1 is 1.23 bits per heavy atom. The highest BCUT2D eigenvalue weighted by atomic mass is 35.5. The van der Waals surface area contributed by atoms with Crippen LogP contribution in [-0.2, 0) is 5.88 Å². The smallest absolute Gasteiger partial charge is 0.121 e. The molecule has 0 unspecified atom stereocenters. The number of hydrogen-bond donors (Lipinski definition) is 1. The normalized spacial score (nSPS) is 10.2. The van der Waals surface area contributed by atoms with Crippen LogP contribution in [0.1, 0.15) is 5.82 Å². The van der Waals surface area contributed by atoms with Crippen molar-refractivity contribution < 1.29 is 0 Å². The summed E-state index contributed by atoms with van der Waals surface area (Å²) in [5.41, 5.74) is 1.79. The Balaban J connectivity index is 2.36. The minimum Gasteiger partial charge on any atom is -0.341 e. The van der Waals surface area contributed by atoms with Gasteiger partial charge >= 0.3 is 0 Å². The maximum Gasteiger partial charge on any atom is 0.121 e. The molecule has 0 aromatic carbocycles. The molecule has 2 aromatic rings. The molecule has 0 atom stereocenters. The van der Waals surface area contributed by atoms with Crippen LogP contribution in [0, 0.1) is 0 Å². The molecule has 0 radical (unpaired) electrons. The second kappa shape index (κ2) is 3.53. The Morgan fingerprint density at radius 2 is 2.00 bits per heavy atom. The molecule has 0 aliphatic rings. The van der Waals surface area contributed by atoms with Gasteiger partial charge in [-0.2, -0.15) is 0 Å². The first-order chi connectivity index (χ1) is 6.40. The molecule has 66 valence electrons. The number of halogens is 1. The van der Waals surface area contributed by atoms with E-state index in [1.54, 1.807) is 18.6 Å². The van der Waals surface area contributed by atoms with Crippen LogP contribution in [-0.4, -0.2) is 19.9 Å². The summed E-state index contributed by atoms with van der Waals surface area (Å²) in [5, 5.41) is 0. The number of aromatic amines is 1. The quantitative estimate of drug-likeness (QED) is 0.739. The summed E-state index contributed by atoms with van der Waals surface area (Å²) < 4.78 is 0. The molecule has 2 rings (SSSR count). The number of nitrogens with zero attached hydrogens (tertiary/aromatic N) is 3. The minimum atomic E-state index is 0.383. The maximum absolute atomic E-state index is 5.60. The van der Waals surface area contributed by atoms with Gasteiger partial charge in [-0.05, 0) is 0 Å². The molecule has 5 heteroatoms. The Labute approximate surface area is 80.0 Å². The lowest BCUT2D eigenvalue weighted by molar-refractivity contribution is 1.11. The monoisotopic (exact) mass is 194 g/mol. The molecule has 1 N–H and O–H groups in total. The van der Waals surface area contributed by atoms with Crippen LogP contribution in [0.2, 0.25) is 0 Å². The zero-order chi connectivity index (χ0) is 9.10. The van der Waals surface area contributed by atoms with Gasteiger partial charge in [-0.3, -0.25) is 0 Å². The van der Waals surface area contributed by atoms with Gasteiger partial charge in [0.2, 0.25) is 0 Å². The third kappa shape index (κ3) is 1.67. The Hall–Kier alpha value is -1.42. The molecule has 0 bridgehead atoms. The number of imidazole rings is 1. The van der Waals surface area contributed by atoms with Crippen molar-refractivity contribution in [3.05, 3.63) is 30.7 Å². The van der Waals surface area contributed by atoms with E-state index in [0.717, 1.165) is 17.1 Å². The second-order valence-corrected chi connectivity index (χ2v) is 2.77. The zero-order valence-electron chi connectivity index (χ0n) is 6.74. The van der Waals surface area contributed by atoms with Crippen LogP contribution in [0.15, 0.2) is 24.9 Å². The lowest BCUT2D eigenvalue weighted by atomic mass is 10.3. The van der Waals surface area contributed by atoms with E-state index < -0.39 is 0 Å². The average Bonchev–Trinajstić information content (AvgIpc) is 2.67. The van der Waals surface area contributed by atoms with Gasteiger partial charge in [-0.15, -0.1) is 11.6 Å². The van der Waals surface area contributed by atoms with Crippen molar-refractivity contribution in [2.24, 2.45) is 0 Å². The van der Waals surface area contributed by atoms with Crippen molar-refractivity contribution in [1.29, 1.82) is 0 Å². The summed E-state index contributed by atoms with van der Waals surface area (Å²) in [6.07, 6.45) is 6.65. The lowest BCUT2D eigenvalue weighted by Gasteiger charge is -1.93. The third-order valence-corrected chi connectivity index (χ3v) is 1.88. The van der Waals surface area contributed by atoms with Crippen LogP contribution >= 0.6 is 11.6 Å². The van der Waals surface area contributed by atoms with Crippen molar-refractivity contribution in [3.8, 4) is 11.3 Å². The molecule has 0 aliphatic heterocycles. The molecule has 2 heterocycles. The highest BCUT2D eigenvalue weighted by Gasteiger charge is 2.01. The van der Waals surface area contributed by atoms with Crippen LogP contribution in [0.3, 0.4) is 0 Å². The van der Waals surface area contributed by atoms with Crippen LogP contribution in [0.5, 0.6) is 0 Å². The Morgan fingerprint density at radius 3 is 2.62 bits per heavy atom. The van der Waals surface area contributed by atoms with E-state index in [9.17, 15) is 0 Å². The zero-order valence-corrected chi connectivity index (χ0v) is 7.49. The molecule has 0 fully saturated rings. The SMILES string of the molecule is ClCc1ncc(-c2cncnc2)[nH]1. The molecule has 0 aliphatic carbocycles. The number of alkyl halides is 1. The maximum atomic E-state index is 5.60. The number of nitrogens with one attached hydrogen (secondary N) is 1. The standard InChI is InChI=1S/C8H7ClN4/c9-1-8-12-4-7(13-8)6-2-10-5-11-3-6/h2-5H,1H2,(H,12,13). The molecule has 4 nitrogen and oxygen atoms in total. The Kier molecular flexibility index (Phi) is 2.23. The van der Waals surface area contributed by atoms with Gasteiger partial charge in [0.05, 0.1) is 17.8 Å². The summed E-state index contributed by atoms with van der Waals surface area (Å²) in [7, 11) is 0. The molecular weight excluding hydrogens is 188 g/mol. The van der Waals surface area contributed by atoms with Gasteiger partial charge in [-0.25, -0.2) is 15.0 Å². The summed E-state index contributed by atoms with van der Waals surface area (Å²) in [5.74, 6) is 1.13. The van der Waals surface area contributed by atoms with Gasteiger partial charge in [0.25, 0.3) is 0 Å². The summed E-state index contributed by atoms with van der Waals surface area (Å²) in [6, 6.07) is 0. The molecule has 2 aromatic heterocycles. The van der Waals surface area contributed by atoms with Crippen LogP contribution in [0.25, 0.3) is 11.3 Å². The van der Waals surface area contributed by atoms with Gasteiger partial charge in [0, 0.05) is 18.0 Å². The van der Waals surface area contributed by atoms with E-state index in [-0.39, 0.29) is 0 Å². The van der Waals surface area contributed by atoms with Crippen LogP contribution < -0.4 is 0 Å². The first-order valence-electron chi connectivity index (χ1n) is 3.75. The van der Waals surface area contributed by atoms with Gasteiger partial charge in [0.1, 0.15) is 12.2 Å². The topological polar surface area (TPSA) is 54.5 Å². The van der Waals surface area contributed by atoms with E-state index >= 15 is 0 Å². The number of rotatable bonds is 2. The highest BCUT2D eigenvalue weighted by Crippen LogP contribution is 2.14. The van der Waals surface area contributed by atoms with Crippen molar-refractivity contribution >= 4 is 11.6 Å². The summed E-state index contributed by atoms with van der Waals surface area (Å²) in [6.45, 7) is 0. The van der Waals surface area contributed by atoms with E-state index in [2.05, 4.69) is 19.9 Å². The number of aromatic nitrogens is 4. The van der Waals surface area contributed by atoms with Crippen LogP contribution in [0.4, 0.5) is 0 Å².